The van der Waals surface area contributed by atoms with E-state index in [9.17, 15) is 9.59 Å². The van der Waals surface area contributed by atoms with E-state index in [0.717, 1.165) is 5.56 Å². The third-order valence-corrected chi connectivity index (χ3v) is 4.01. The molecular formula is C18H23N2O3+. The average molecular weight is 315 g/mol. The van der Waals surface area contributed by atoms with Crippen molar-refractivity contribution in [1.82, 2.24) is 4.98 Å². The number of hydrogen-bond acceptors (Lipinski definition) is 3. The van der Waals surface area contributed by atoms with E-state index >= 15 is 0 Å². The number of aromatic nitrogens is 2. The Morgan fingerprint density at radius 1 is 1.22 bits per heavy atom. The molecule has 0 aromatic carbocycles. The van der Waals surface area contributed by atoms with Gasteiger partial charge in [-0.05, 0) is 38.8 Å². The minimum Gasteiger partial charge on any atom is -0.462 e. The van der Waals surface area contributed by atoms with Gasteiger partial charge in [0.1, 0.15) is 0 Å². The van der Waals surface area contributed by atoms with E-state index in [2.05, 4.69) is 4.98 Å². The molecule has 23 heavy (non-hydrogen) atoms. The van der Waals surface area contributed by atoms with Crippen LogP contribution in [0, 0.1) is 20.8 Å². The molecule has 0 aliphatic rings. The fourth-order valence-electron chi connectivity index (χ4n) is 2.62. The van der Waals surface area contributed by atoms with E-state index in [-0.39, 0.29) is 11.8 Å². The summed E-state index contributed by atoms with van der Waals surface area (Å²) in [5.74, 6) is -0.455. The smallest absolute Gasteiger partial charge is 0.340 e. The lowest BCUT2D eigenvalue weighted by atomic mass is 10.0. The van der Waals surface area contributed by atoms with Gasteiger partial charge in [0.05, 0.1) is 17.9 Å². The SMILES string of the molecule is CCOC(=O)c1c(C)[nH]c(C(=O)[C@H](C)[n+]2ccc(C)cc2)c1C. The van der Waals surface area contributed by atoms with Gasteiger partial charge >= 0.3 is 5.97 Å². The Morgan fingerprint density at radius 3 is 2.39 bits per heavy atom. The molecule has 0 aliphatic heterocycles. The number of ether oxygens (including phenoxy) is 1. The summed E-state index contributed by atoms with van der Waals surface area (Å²) in [6, 6.07) is 3.56. The molecule has 2 aromatic rings. The van der Waals surface area contributed by atoms with Crippen molar-refractivity contribution in [3.05, 3.63) is 52.6 Å². The van der Waals surface area contributed by atoms with Crippen LogP contribution in [0.2, 0.25) is 0 Å². The number of nitrogens with one attached hydrogen (secondary N) is 1. The van der Waals surface area contributed by atoms with Crippen LogP contribution in [0.25, 0.3) is 0 Å². The largest absolute Gasteiger partial charge is 0.462 e. The van der Waals surface area contributed by atoms with Gasteiger partial charge in [-0.2, -0.15) is 4.57 Å². The summed E-state index contributed by atoms with van der Waals surface area (Å²) in [6.45, 7) is 9.46. The van der Waals surface area contributed by atoms with Crippen molar-refractivity contribution in [3.8, 4) is 0 Å². The van der Waals surface area contributed by atoms with Gasteiger partial charge in [0.15, 0.2) is 12.4 Å². The molecule has 0 aliphatic carbocycles. The lowest BCUT2D eigenvalue weighted by Crippen LogP contribution is -2.41. The molecule has 0 saturated heterocycles. The zero-order valence-corrected chi connectivity index (χ0v) is 14.3. The van der Waals surface area contributed by atoms with Gasteiger partial charge in [0.25, 0.3) is 0 Å². The molecule has 0 unspecified atom stereocenters. The van der Waals surface area contributed by atoms with Crippen LogP contribution >= 0.6 is 0 Å². The zero-order valence-electron chi connectivity index (χ0n) is 14.3. The Balaban J connectivity index is 2.34. The Hall–Kier alpha value is -2.43. The van der Waals surface area contributed by atoms with E-state index < -0.39 is 5.97 Å². The second-order valence-corrected chi connectivity index (χ2v) is 5.71. The van der Waals surface area contributed by atoms with Crippen molar-refractivity contribution in [3.63, 3.8) is 0 Å². The van der Waals surface area contributed by atoms with Crippen LogP contribution in [0.1, 0.15) is 57.6 Å². The summed E-state index contributed by atoms with van der Waals surface area (Å²) in [4.78, 5) is 27.9. The predicted octanol–water partition coefficient (Wildman–Crippen LogP) is 2.85. The van der Waals surface area contributed by atoms with Crippen molar-refractivity contribution in [2.24, 2.45) is 0 Å². The second-order valence-electron chi connectivity index (χ2n) is 5.71. The van der Waals surface area contributed by atoms with Gasteiger partial charge in [0.2, 0.25) is 11.8 Å². The highest BCUT2D eigenvalue weighted by molar-refractivity contribution is 6.02. The minimum atomic E-state index is -0.395. The summed E-state index contributed by atoms with van der Waals surface area (Å²) in [7, 11) is 0. The van der Waals surface area contributed by atoms with Crippen molar-refractivity contribution >= 4 is 11.8 Å². The fourth-order valence-corrected chi connectivity index (χ4v) is 2.62. The molecule has 2 aromatic heterocycles. The molecular weight excluding hydrogens is 292 g/mol. The average Bonchev–Trinajstić information content (AvgIpc) is 2.81. The van der Waals surface area contributed by atoms with E-state index in [1.54, 1.807) is 20.8 Å². The molecule has 0 bridgehead atoms. The van der Waals surface area contributed by atoms with Crippen molar-refractivity contribution in [2.45, 2.75) is 40.7 Å². The number of rotatable bonds is 5. The predicted molar refractivity (Wildman–Crippen MR) is 86.6 cm³/mol. The first-order valence-electron chi connectivity index (χ1n) is 7.74. The summed E-state index contributed by atoms with van der Waals surface area (Å²) in [6.07, 6.45) is 3.77. The number of hydrogen-bond donors (Lipinski definition) is 1. The highest BCUT2D eigenvalue weighted by Gasteiger charge is 2.29. The van der Waals surface area contributed by atoms with E-state index in [1.165, 1.54) is 0 Å². The van der Waals surface area contributed by atoms with Gasteiger partial charge in [-0.25, -0.2) is 4.79 Å². The number of ketones is 1. The molecule has 2 rings (SSSR count). The third-order valence-electron chi connectivity index (χ3n) is 4.01. The van der Waals surface area contributed by atoms with E-state index in [4.69, 9.17) is 4.74 Å². The number of aromatic amines is 1. The summed E-state index contributed by atoms with van der Waals surface area (Å²) >= 11 is 0. The standard InChI is InChI=1S/C18H22N2O3/c1-6-23-18(22)15-12(3)16(19-13(15)4)17(21)14(5)20-9-7-11(2)8-10-20/h7-10,14H,6H2,1-5H3/p+1/t14-/m0/s1. The highest BCUT2D eigenvalue weighted by atomic mass is 16.5. The van der Waals surface area contributed by atoms with Crippen LogP contribution in [0.4, 0.5) is 0 Å². The van der Waals surface area contributed by atoms with Crippen LogP contribution in [-0.2, 0) is 4.74 Å². The Labute approximate surface area is 136 Å². The topological polar surface area (TPSA) is 63.0 Å². The maximum atomic E-state index is 12.8. The second kappa shape index (κ2) is 6.77. The first kappa shape index (κ1) is 16.9. The molecule has 0 saturated carbocycles. The quantitative estimate of drug-likeness (QED) is 0.524. The number of Topliss-reactive ketones (excluding diaryl/α,β-unsaturated/α-hetero) is 1. The molecule has 1 atom stereocenters. The van der Waals surface area contributed by atoms with Gasteiger partial charge in [-0.3, -0.25) is 4.79 Å². The minimum absolute atomic E-state index is 0.0602. The normalized spacial score (nSPS) is 12.0. The lowest BCUT2D eigenvalue weighted by molar-refractivity contribution is -0.704. The van der Waals surface area contributed by atoms with Gasteiger partial charge in [-0.15, -0.1) is 0 Å². The van der Waals surface area contributed by atoms with E-state index in [0.29, 0.717) is 29.1 Å². The summed E-state index contributed by atoms with van der Waals surface area (Å²) in [5, 5.41) is 0. The number of carbonyl (C=O) groups excluding carboxylic acids is 2. The van der Waals surface area contributed by atoms with Crippen molar-refractivity contribution < 1.29 is 18.9 Å². The number of pyridine rings is 1. The first-order valence-corrected chi connectivity index (χ1v) is 7.74. The molecule has 5 nitrogen and oxygen atoms in total. The summed E-state index contributed by atoms with van der Waals surface area (Å²) in [5.41, 5.74) is 3.36. The molecule has 5 heteroatoms. The molecule has 2 heterocycles. The van der Waals surface area contributed by atoms with Crippen LogP contribution in [0.15, 0.2) is 24.5 Å². The molecule has 122 valence electrons. The molecule has 0 amide bonds. The molecule has 0 fully saturated rings. The van der Waals surface area contributed by atoms with Crippen LogP contribution in [-0.4, -0.2) is 23.3 Å². The summed E-state index contributed by atoms with van der Waals surface area (Å²) < 4.78 is 6.92. The Bertz CT molecular complexity index is 729. The van der Waals surface area contributed by atoms with E-state index in [1.807, 2.05) is 42.9 Å². The van der Waals surface area contributed by atoms with Gasteiger partial charge in [-0.1, -0.05) is 0 Å². The first-order chi connectivity index (χ1) is 10.9. The molecule has 0 radical (unpaired) electrons. The maximum absolute atomic E-state index is 12.8. The highest BCUT2D eigenvalue weighted by Crippen LogP contribution is 2.21. The number of aryl methyl sites for hydroxylation is 2. The van der Waals surface area contributed by atoms with Gasteiger partial charge < -0.3 is 9.72 Å². The maximum Gasteiger partial charge on any atom is 0.340 e. The monoisotopic (exact) mass is 315 g/mol. The number of esters is 1. The van der Waals surface area contributed by atoms with Crippen LogP contribution in [0.5, 0.6) is 0 Å². The molecule has 1 N–H and O–H groups in total. The van der Waals surface area contributed by atoms with Crippen LogP contribution in [0.3, 0.4) is 0 Å². The van der Waals surface area contributed by atoms with Crippen molar-refractivity contribution in [2.75, 3.05) is 6.61 Å². The number of H-pyrrole nitrogens is 1. The molecule has 0 spiro atoms. The number of carbonyl (C=O) groups is 2. The zero-order chi connectivity index (χ0) is 17.1. The van der Waals surface area contributed by atoms with Gasteiger partial charge in [0, 0.05) is 24.8 Å². The third kappa shape index (κ3) is 3.33. The number of nitrogens with zero attached hydrogens (tertiary/aromatic N) is 1. The Morgan fingerprint density at radius 2 is 1.83 bits per heavy atom. The van der Waals surface area contributed by atoms with Crippen molar-refractivity contribution in [1.29, 1.82) is 0 Å². The fraction of sp³-hybridized carbons (Fsp3) is 0.389. The van der Waals surface area contributed by atoms with Crippen LogP contribution < -0.4 is 4.57 Å². The lowest BCUT2D eigenvalue weighted by Gasteiger charge is -2.06. The Kier molecular flexibility index (Phi) is 4.98.